The van der Waals surface area contributed by atoms with Crippen molar-refractivity contribution < 1.29 is 4.79 Å². The van der Waals surface area contributed by atoms with Crippen LogP contribution in [0, 0.1) is 11.8 Å². The molecule has 0 aliphatic heterocycles. The molecule has 84 valence electrons. The number of carbonyl (C=O) groups is 1. The van der Waals surface area contributed by atoms with Crippen molar-refractivity contribution in [1.29, 1.82) is 0 Å². The normalized spacial score (nSPS) is 13.2. The van der Waals surface area contributed by atoms with E-state index in [2.05, 4.69) is 20.8 Å². The largest absolute Gasteiger partial charge is 0.300 e. The van der Waals surface area contributed by atoms with Crippen molar-refractivity contribution in [3.05, 3.63) is 0 Å². The summed E-state index contributed by atoms with van der Waals surface area (Å²) in [7, 11) is 0. The third-order valence-corrected chi connectivity index (χ3v) is 2.95. The minimum atomic E-state index is 0.302. The average Bonchev–Trinajstić information content (AvgIpc) is 2.09. The zero-order chi connectivity index (χ0) is 11.0. The highest BCUT2D eigenvalue weighted by Gasteiger charge is 2.17. The van der Waals surface area contributed by atoms with Crippen molar-refractivity contribution in [2.24, 2.45) is 11.8 Å². The molecule has 0 aliphatic carbocycles. The number of hydrogen-bond acceptors (Lipinski definition) is 1. The quantitative estimate of drug-likeness (QED) is 0.534. The number of unbranched alkanes of at least 4 members (excludes halogenated alkanes) is 4. The molecule has 1 heteroatoms. The fraction of sp³-hybridized carbons (Fsp3) is 0.923. The summed E-state index contributed by atoms with van der Waals surface area (Å²) < 4.78 is 0. The lowest BCUT2D eigenvalue weighted by Crippen LogP contribution is -2.17. The summed E-state index contributed by atoms with van der Waals surface area (Å²) in [5.41, 5.74) is 0. The van der Waals surface area contributed by atoms with E-state index in [0.717, 1.165) is 6.42 Å². The molecule has 0 aromatic rings. The standard InChI is InChI=1S/C13H26O/c1-5-6-7-8-9-10-13(11(2)3)12(4)14/h11,13H,5-10H2,1-4H3. The highest BCUT2D eigenvalue weighted by Crippen LogP contribution is 2.20. The lowest BCUT2D eigenvalue weighted by atomic mass is 9.87. The van der Waals surface area contributed by atoms with Gasteiger partial charge in [-0.05, 0) is 19.3 Å². The van der Waals surface area contributed by atoms with Crippen LogP contribution in [0.5, 0.6) is 0 Å². The summed E-state index contributed by atoms with van der Waals surface area (Å²) in [5.74, 6) is 1.19. The summed E-state index contributed by atoms with van der Waals surface area (Å²) in [6, 6.07) is 0. The van der Waals surface area contributed by atoms with Crippen LogP contribution in [0.2, 0.25) is 0 Å². The lowest BCUT2D eigenvalue weighted by Gasteiger charge is -2.17. The van der Waals surface area contributed by atoms with E-state index in [4.69, 9.17) is 0 Å². The molecule has 14 heavy (non-hydrogen) atoms. The van der Waals surface area contributed by atoms with Crippen molar-refractivity contribution in [3.8, 4) is 0 Å². The Balaban J connectivity index is 3.57. The van der Waals surface area contributed by atoms with Gasteiger partial charge in [-0.15, -0.1) is 0 Å². The van der Waals surface area contributed by atoms with E-state index in [9.17, 15) is 4.79 Å². The average molecular weight is 198 g/mol. The number of Topliss-reactive ketones (excluding diaryl/α,β-unsaturated/α-hetero) is 1. The maximum Gasteiger partial charge on any atom is 0.133 e. The predicted octanol–water partition coefficient (Wildman–Crippen LogP) is 4.21. The molecule has 0 fully saturated rings. The maximum atomic E-state index is 11.3. The van der Waals surface area contributed by atoms with Gasteiger partial charge in [0.2, 0.25) is 0 Å². The molecule has 0 rings (SSSR count). The first-order valence-electron chi connectivity index (χ1n) is 6.10. The Labute approximate surface area is 89.3 Å². The second-order valence-corrected chi connectivity index (χ2v) is 4.66. The summed E-state index contributed by atoms with van der Waals surface area (Å²) in [4.78, 5) is 11.3. The Kier molecular flexibility index (Phi) is 7.83. The molecule has 0 heterocycles. The van der Waals surface area contributed by atoms with Gasteiger partial charge in [0.15, 0.2) is 0 Å². The molecule has 0 saturated heterocycles. The number of rotatable bonds is 8. The van der Waals surface area contributed by atoms with E-state index >= 15 is 0 Å². The van der Waals surface area contributed by atoms with Gasteiger partial charge >= 0.3 is 0 Å². The molecule has 0 aromatic carbocycles. The first-order valence-corrected chi connectivity index (χ1v) is 6.10. The summed E-state index contributed by atoms with van der Waals surface area (Å²) in [6.07, 6.45) is 7.58. The van der Waals surface area contributed by atoms with E-state index < -0.39 is 0 Å². The number of hydrogen-bond donors (Lipinski definition) is 0. The van der Waals surface area contributed by atoms with E-state index in [1.807, 2.05) is 0 Å². The van der Waals surface area contributed by atoms with Gasteiger partial charge in [-0.25, -0.2) is 0 Å². The Morgan fingerprint density at radius 3 is 2.07 bits per heavy atom. The highest BCUT2D eigenvalue weighted by molar-refractivity contribution is 5.78. The summed E-state index contributed by atoms with van der Waals surface area (Å²) >= 11 is 0. The van der Waals surface area contributed by atoms with Gasteiger partial charge < -0.3 is 0 Å². The SMILES string of the molecule is CCCCCCCC(C(C)=O)C(C)C. The molecule has 1 nitrogen and oxygen atoms in total. The van der Waals surface area contributed by atoms with Crippen LogP contribution in [-0.2, 0) is 4.79 Å². The van der Waals surface area contributed by atoms with Crippen LogP contribution >= 0.6 is 0 Å². The second-order valence-electron chi connectivity index (χ2n) is 4.66. The van der Waals surface area contributed by atoms with Crippen LogP contribution in [0.25, 0.3) is 0 Å². The fourth-order valence-corrected chi connectivity index (χ4v) is 1.97. The van der Waals surface area contributed by atoms with Gasteiger partial charge in [0.1, 0.15) is 5.78 Å². The van der Waals surface area contributed by atoms with Crippen molar-refractivity contribution in [2.45, 2.75) is 66.2 Å². The minimum Gasteiger partial charge on any atom is -0.300 e. The Morgan fingerprint density at radius 2 is 1.64 bits per heavy atom. The third kappa shape index (κ3) is 6.17. The first kappa shape index (κ1) is 13.7. The zero-order valence-corrected chi connectivity index (χ0v) is 10.3. The molecule has 0 aliphatic rings. The van der Waals surface area contributed by atoms with Crippen molar-refractivity contribution in [2.75, 3.05) is 0 Å². The highest BCUT2D eigenvalue weighted by atomic mass is 16.1. The molecule has 0 saturated carbocycles. The van der Waals surface area contributed by atoms with Gasteiger partial charge in [-0.2, -0.15) is 0 Å². The molecular formula is C13H26O. The van der Waals surface area contributed by atoms with E-state index in [-0.39, 0.29) is 0 Å². The van der Waals surface area contributed by atoms with Gasteiger partial charge in [0.05, 0.1) is 0 Å². The van der Waals surface area contributed by atoms with Crippen LogP contribution in [0.3, 0.4) is 0 Å². The van der Waals surface area contributed by atoms with Gasteiger partial charge in [0, 0.05) is 5.92 Å². The van der Waals surface area contributed by atoms with E-state index in [1.165, 1.54) is 32.1 Å². The Bertz CT molecular complexity index is 149. The van der Waals surface area contributed by atoms with Gasteiger partial charge in [-0.1, -0.05) is 52.9 Å². The molecule has 1 unspecified atom stereocenters. The summed E-state index contributed by atoms with van der Waals surface area (Å²) in [6.45, 7) is 8.26. The monoisotopic (exact) mass is 198 g/mol. The molecule has 1 atom stereocenters. The van der Waals surface area contributed by atoms with Gasteiger partial charge in [0.25, 0.3) is 0 Å². The van der Waals surface area contributed by atoms with Crippen molar-refractivity contribution in [3.63, 3.8) is 0 Å². The molecule has 0 amide bonds. The molecule has 0 spiro atoms. The minimum absolute atomic E-state index is 0.302. The van der Waals surface area contributed by atoms with Crippen LogP contribution in [0.15, 0.2) is 0 Å². The second kappa shape index (κ2) is 8.02. The summed E-state index contributed by atoms with van der Waals surface area (Å²) in [5, 5.41) is 0. The first-order chi connectivity index (χ1) is 6.59. The van der Waals surface area contributed by atoms with Crippen molar-refractivity contribution >= 4 is 5.78 Å². The van der Waals surface area contributed by atoms with E-state index in [1.54, 1.807) is 6.92 Å². The smallest absolute Gasteiger partial charge is 0.133 e. The fourth-order valence-electron chi connectivity index (χ4n) is 1.97. The zero-order valence-electron chi connectivity index (χ0n) is 10.3. The van der Waals surface area contributed by atoms with Crippen LogP contribution in [0.4, 0.5) is 0 Å². The Morgan fingerprint density at radius 1 is 1.07 bits per heavy atom. The van der Waals surface area contributed by atoms with E-state index in [0.29, 0.717) is 17.6 Å². The predicted molar refractivity (Wildman–Crippen MR) is 62.4 cm³/mol. The van der Waals surface area contributed by atoms with Crippen LogP contribution < -0.4 is 0 Å². The third-order valence-electron chi connectivity index (χ3n) is 2.95. The van der Waals surface area contributed by atoms with Crippen molar-refractivity contribution in [1.82, 2.24) is 0 Å². The molecule has 0 bridgehead atoms. The topological polar surface area (TPSA) is 17.1 Å². The lowest BCUT2D eigenvalue weighted by molar-refractivity contribution is -0.122. The molecule has 0 N–H and O–H groups in total. The Hall–Kier alpha value is -0.330. The van der Waals surface area contributed by atoms with Crippen LogP contribution in [0.1, 0.15) is 66.2 Å². The maximum absolute atomic E-state index is 11.3. The van der Waals surface area contributed by atoms with Gasteiger partial charge in [-0.3, -0.25) is 4.79 Å². The number of carbonyl (C=O) groups excluding carboxylic acids is 1. The molecule has 0 radical (unpaired) electrons. The molecule has 0 aromatic heterocycles. The molecular weight excluding hydrogens is 172 g/mol. The number of ketones is 1. The van der Waals surface area contributed by atoms with Crippen LogP contribution in [-0.4, -0.2) is 5.78 Å².